The largest absolute Gasteiger partial charge is 0.475 e. The van der Waals surface area contributed by atoms with E-state index in [2.05, 4.69) is 4.72 Å². The van der Waals surface area contributed by atoms with E-state index in [1.807, 2.05) is 20.1 Å². The van der Waals surface area contributed by atoms with Gasteiger partial charge in [0.1, 0.15) is 0 Å². The molecule has 0 unspecified atom stereocenters. The summed E-state index contributed by atoms with van der Waals surface area (Å²) in [5.41, 5.74) is 0. The smallest absolute Gasteiger partial charge is 0.371 e. The molecule has 0 aliphatic carbocycles. The summed E-state index contributed by atoms with van der Waals surface area (Å²) in [6.07, 6.45) is 1.88. The summed E-state index contributed by atoms with van der Waals surface area (Å²) in [4.78, 5) is 10.6. The standard InChI is InChI=1S/C10H15NO5S2/c1-10(2,17-3)6-11-18(14,15)8-5-4-7(16-8)9(12)13/h4-5,11H,6H2,1-3H3,(H,12,13). The number of furan rings is 1. The fraction of sp³-hybridized carbons (Fsp3) is 0.500. The molecule has 6 nitrogen and oxygen atoms in total. The third-order valence-electron chi connectivity index (χ3n) is 2.30. The molecule has 0 saturated carbocycles. The van der Waals surface area contributed by atoms with Crippen molar-refractivity contribution in [2.24, 2.45) is 0 Å². The van der Waals surface area contributed by atoms with Crippen LogP contribution >= 0.6 is 11.8 Å². The number of carboxylic acids is 1. The average Bonchev–Trinajstić information content (AvgIpc) is 2.77. The number of rotatable bonds is 6. The molecule has 102 valence electrons. The van der Waals surface area contributed by atoms with Crippen LogP contribution in [0.4, 0.5) is 0 Å². The lowest BCUT2D eigenvalue weighted by Crippen LogP contribution is -2.35. The number of hydrogen-bond acceptors (Lipinski definition) is 5. The van der Waals surface area contributed by atoms with Crippen LogP contribution in [0.15, 0.2) is 21.6 Å². The maximum Gasteiger partial charge on any atom is 0.371 e. The van der Waals surface area contributed by atoms with E-state index in [0.717, 1.165) is 12.1 Å². The Balaban J connectivity index is 2.83. The first-order valence-corrected chi connectivity index (χ1v) is 7.77. The number of carbonyl (C=O) groups is 1. The lowest BCUT2D eigenvalue weighted by atomic mass is 10.2. The van der Waals surface area contributed by atoms with Crippen LogP contribution in [0.25, 0.3) is 0 Å². The minimum Gasteiger partial charge on any atom is -0.475 e. The minimum absolute atomic E-state index is 0.222. The first-order valence-electron chi connectivity index (χ1n) is 5.06. The molecule has 0 fully saturated rings. The van der Waals surface area contributed by atoms with Gasteiger partial charge >= 0.3 is 5.97 Å². The van der Waals surface area contributed by atoms with Gasteiger partial charge in [0, 0.05) is 11.3 Å². The Morgan fingerprint density at radius 2 is 2.11 bits per heavy atom. The number of nitrogens with one attached hydrogen (secondary N) is 1. The molecule has 1 aromatic rings. The van der Waals surface area contributed by atoms with Crippen molar-refractivity contribution < 1.29 is 22.7 Å². The summed E-state index contributed by atoms with van der Waals surface area (Å²) in [5.74, 6) is -1.71. The van der Waals surface area contributed by atoms with Gasteiger partial charge in [0.25, 0.3) is 10.0 Å². The number of hydrogen-bond donors (Lipinski definition) is 2. The summed E-state index contributed by atoms with van der Waals surface area (Å²) < 4.78 is 30.5. The van der Waals surface area contributed by atoms with Crippen molar-refractivity contribution >= 4 is 27.8 Å². The molecule has 0 bridgehead atoms. The van der Waals surface area contributed by atoms with Crippen molar-refractivity contribution in [3.8, 4) is 0 Å². The fourth-order valence-electron chi connectivity index (χ4n) is 0.992. The van der Waals surface area contributed by atoms with Crippen LogP contribution in [0.3, 0.4) is 0 Å². The van der Waals surface area contributed by atoms with Crippen molar-refractivity contribution in [1.82, 2.24) is 4.72 Å². The second-order valence-electron chi connectivity index (χ2n) is 4.21. The zero-order valence-corrected chi connectivity index (χ0v) is 11.9. The molecule has 2 N–H and O–H groups in total. The Kier molecular flexibility index (Phi) is 4.46. The van der Waals surface area contributed by atoms with E-state index in [1.165, 1.54) is 11.8 Å². The van der Waals surface area contributed by atoms with Crippen LogP contribution in [0.1, 0.15) is 24.4 Å². The second-order valence-corrected chi connectivity index (χ2v) is 7.42. The Hall–Kier alpha value is -0.990. The molecule has 8 heteroatoms. The number of thioether (sulfide) groups is 1. The fourth-order valence-corrected chi connectivity index (χ4v) is 2.44. The van der Waals surface area contributed by atoms with Gasteiger partial charge in [-0.15, -0.1) is 0 Å². The van der Waals surface area contributed by atoms with Crippen LogP contribution in [-0.2, 0) is 10.0 Å². The topological polar surface area (TPSA) is 96.6 Å². The highest BCUT2D eigenvalue weighted by Gasteiger charge is 2.24. The van der Waals surface area contributed by atoms with Crippen LogP contribution < -0.4 is 4.72 Å². The molecular weight excluding hydrogens is 278 g/mol. The number of sulfonamides is 1. The van der Waals surface area contributed by atoms with E-state index in [9.17, 15) is 13.2 Å². The average molecular weight is 293 g/mol. The van der Waals surface area contributed by atoms with Gasteiger partial charge < -0.3 is 9.52 Å². The highest BCUT2D eigenvalue weighted by atomic mass is 32.2. The molecule has 0 amide bonds. The number of aromatic carboxylic acids is 1. The molecular formula is C10H15NO5S2. The van der Waals surface area contributed by atoms with Gasteiger partial charge in [0.05, 0.1) is 0 Å². The predicted octanol–water partition coefficient (Wildman–Crippen LogP) is 1.40. The predicted molar refractivity (Wildman–Crippen MR) is 68.4 cm³/mol. The molecule has 0 aromatic carbocycles. The van der Waals surface area contributed by atoms with E-state index in [0.29, 0.717) is 0 Å². The van der Waals surface area contributed by atoms with Crippen molar-refractivity contribution in [2.75, 3.05) is 12.8 Å². The van der Waals surface area contributed by atoms with Crippen LogP contribution in [0.5, 0.6) is 0 Å². The van der Waals surface area contributed by atoms with Crippen molar-refractivity contribution in [2.45, 2.75) is 23.7 Å². The van der Waals surface area contributed by atoms with Gasteiger partial charge in [-0.2, -0.15) is 11.8 Å². The zero-order chi connectivity index (χ0) is 14.0. The van der Waals surface area contributed by atoms with Crippen molar-refractivity contribution in [1.29, 1.82) is 0 Å². The zero-order valence-electron chi connectivity index (χ0n) is 10.3. The summed E-state index contributed by atoms with van der Waals surface area (Å²) in [7, 11) is -3.81. The molecule has 1 aromatic heterocycles. The third kappa shape index (κ3) is 3.76. The Bertz CT molecular complexity index is 532. The quantitative estimate of drug-likeness (QED) is 0.823. The van der Waals surface area contributed by atoms with Gasteiger partial charge in [-0.1, -0.05) is 0 Å². The van der Waals surface area contributed by atoms with Crippen LogP contribution in [-0.4, -0.2) is 37.0 Å². The Labute approximate surface area is 110 Å². The highest BCUT2D eigenvalue weighted by Crippen LogP contribution is 2.21. The molecule has 0 aliphatic heterocycles. The molecule has 0 atom stereocenters. The van der Waals surface area contributed by atoms with E-state index in [4.69, 9.17) is 9.52 Å². The van der Waals surface area contributed by atoms with Gasteiger partial charge in [-0.05, 0) is 32.2 Å². The first kappa shape index (κ1) is 15.1. The molecule has 0 spiro atoms. The SMILES string of the molecule is CSC(C)(C)CNS(=O)(=O)c1ccc(C(=O)O)o1. The second kappa shape index (κ2) is 5.33. The summed E-state index contributed by atoms with van der Waals surface area (Å²) in [5, 5.41) is 8.26. The summed E-state index contributed by atoms with van der Waals surface area (Å²) in [6.45, 7) is 4.01. The normalized spacial score (nSPS) is 12.6. The van der Waals surface area contributed by atoms with Gasteiger partial charge in [-0.25, -0.2) is 17.9 Å². The molecule has 0 aliphatic rings. The minimum atomic E-state index is -3.81. The Morgan fingerprint density at radius 1 is 1.50 bits per heavy atom. The Morgan fingerprint density at radius 3 is 2.56 bits per heavy atom. The lowest BCUT2D eigenvalue weighted by Gasteiger charge is -2.21. The van der Waals surface area contributed by atoms with E-state index in [-0.39, 0.29) is 11.3 Å². The van der Waals surface area contributed by atoms with Crippen molar-refractivity contribution in [3.05, 3.63) is 17.9 Å². The van der Waals surface area contributed by atoms with Crippen LogP contribution in [0.2, 0.25) is 0 Å². The maximum atomic E-state index is 11.8. The first-order chi connectivity index (χ1) is 8.18. The maximum absolute atomic E-state index is 11.8. The summed E-state index contributed by atoms with van der Waals surface area (Å²) in [6, 6.07) is 2.23. The van der Waals surface area contributed by atoms with Gasteiger partial charge in [0.2, 0.25) is 10.9 Å². The third-order valence-corrected chi connectivity index (χ3v) is 4.82. The molecule has 1 rings (SSSR count). The molecule has 18 heavy (non-hydrogen) atoms. The monoisotopic (exact) mass is 293 g/mol. The van der Waals surface area contributed by atoms with Gasteiger partial charge in [-0.3, -0.25) is 0 Å². The number of carboxylic acid groups (broad SMARTS) is 1. The molecule has 0 radical (unpaired) electrons. The lowest BCUT2D eigenvalue weighted by molar-refractivity contribution is 0.0656. The van der Waals surface area contributed by atoms with Crippen molar-refractivity contribution in [3.63, 3.8) is 0 Å². The van der Waals surface area contributed by atoms with E-state index >= 15 is 0 Å². The summed E-state index contributed by atoms with van der Waals surface area (Å²) >= 11 is 1.52. The molecule has 1 heterocycles. The highest BCUT2D eigenvalue weighted by molar-refractivity contribution is 8.00. The van der Waals surface area contributed by atoms with E-state index < -0.39 is 26.8 Å². The van der Waals surface area contributed by atoms with Crippen LogP contribution in [0, 0.1) is 0 Å². The van der Waals surface area contributed by atoms with E-state index in [1.54, 1.807) is 0 Å². The molecule has 0 saturated heterocycles. The van der Waals surface area contributed by atoms with Gasteiger partial charge in [0.15, 0.2) is 0 Å².